The van der Waals surface area contributed by atoms with Gasteiger partial charge in [0.05, 0.1) is 11.4 Å². The quantitative estimate of drug-likeness (QED) is 0.164. The van der Waals surface area contributed by atoms with Gasteiger partial charge in [-0.2, -0.15) is 0 Å². The first-order valence-corrected chi connectivity index (χ1v) is 19.4. The van der Waals surface area contributed by atoms with Gasteiger partial charge in [-0.25, -0.2) is 9.97 Å². The number of rotatable bonds is 7. The molecule has 0 amide bonds. The lowest BCUT2D eigenvalue weighted by molar-refractivity contribution is 1.18. The van der Waals surface area contributed by atoms with Gasteiger partial charge in [0.1, 0.15) is 0 Å². The highest BCUT2D eigenvalue weighted by Crippen LogP contribution is 2.43. The van der Waals surface area contributed by atoms with Crippen LogP contribution in [0.5, 0.6) is 0 Å². The summed E-state index contributed by atoms with van der Waals surface area (Å²) in [6.45, 7) is 0. The van der Waals surface area contributed by atoms with Crippen LogP contribution in [0.2, 0.25) is 0 Å². The summed E-state index contributed by atoms with van der Waals surface area (Å²) in [5, 5.41) is 2.57. The van der Waals surface area contributed by atoms with E-state index in [1.807, 2.05) is 23.5 Å². The van der Waals surface area contributed by atoms with E-state index in [2.05, 4.69) is 194 Å². The van der Waals surface area contributed by atoms with Crippen molar-refractivity contribution in [3.8, 4) is 78.4 Å². The SMILES string of the molecule is c1ccc(-c2cccc(-c3nc(-c4ccccc4)cc(-c4cc(-c5ccccc5-c5ccccc5)cc(-c5cccc6c5sc5ccccc56)c4)n3)c2)cc1. The molecule has 55 heavy (non-hydrogen) atoms. The van der Waals surface area contributed by atoms with Crippen LogP contribution in [-0.2, 0) is 0 Å². The van der Waals surface area contributed by atoms with Crippen molar-refractivity contribution in [2.24, 2.45) is 0 Å². The zero-order chi connectivity index (χ0) is 36.6. The third kappa shape index (κ3) is 6.31. The van der Waals surface area contributed by atoms with Crippen molar-refractivity contribution in [2.75, 3.05) is 0 Å². The molecule has 0 unspecified atom stereocenters. The molecule has 10 rings (SSSR count). The molecule has 2 nitrogen and oxygen atoms in total. The minimum Gasteiger partial charge on any atom is -0.228 e. The second-order valence-electron chi connectivity index (χ2n) is 13.8. The van der Waals surface area contributed by atoms with Crippen molar-refractivity contribution in [1.82, 2.24) is 9.97 Å². The maximum absolute atomic E-state index is 5.37. The van der Waals surface area contributed by atoms with E-state index in [0.29, 0.717) is 5.82 Å². The Morgan fingerprint density at radius 1 is 0.291 bits per heavy atom. The molecule has 258 valence electrons. The predicted molar refractivity (Wildman–Crippen MR) is 233 cm³/mol. The van der Waals surface area contributed by atoms with E-state index in [-0.39, 0.29) is 0 Å². The zero-order valence-electron chi connectivity index (χ0n) is 29.9. The summed E-state index contributed by atoms with van der Waals surface area (Å²) in [7, 11) is 0. The molecule has 0 radical (unpaired) electrons. The summed E-state index contributed by atoms with van der Waals surface area (Å²) in [4.78, 5) is 10.6. The molecule has 10 aromatic rings. The molecule has 0 bridgehead atoms. The average Bonchev–Trinajstić information content (AvgIpc) is 3.66. The first kappa shape index (κ1) is 32.7. The summed E-state index contributed by atoms with van der Waals surface area (Å²) in [5.41, 5.74) is 14.2. The molecule has 0 aliphatic rings. The molecule has 2 heterocycles. The number of fused-ring (bicyclic) bond motifs is 3. The summed E-state index contributed by atoms with van der Waals surface area (Å²) in [6, 6.07) is 73.4. The van der Waals surface area contributed by atoms with E-state index in [4.69, 9.17) is 9.97 Å². The van der Waals surface area contributed by atoms with Crippen LogP contribution in [0.25, 0.3) is 98.6 Å². The Balaban J connectivity index is 1.22. The fourth-order valence-corrected chi connectivity index (χ4v) is 8.85. The monoisotopic (exact) mass is 718 g/mol. The van der Waals surface area contributed by atoms with E-state index in [1.54, 1.807) is 0 Å². The van der Waals surface area contributed by atoms with Crippen LogP contribution in [0.1, 0.15) is 0 Å². The number of aromatic nitrogens is 2. The Bertz CT molecular complexity index is 2970. The Morgan fingerprint density at radius 2 is 0.764 bits per heavy atom. The van der Waals surface area contributed by atoms with Crippen molar-refractivity contribution < 1.29 is 0 Å². The number of hydrogen-bond acceptors (Lipinski definition) is 3. The number of nitrogens with zero attached hydrogens (tertiary/aromatic N) is 2. The minimum atomic E-state index is 0.692. The molecule has 0 spiro atoms. The van der Waals surface area contributed by atoms with Gasteiger partial charge in [-0.05, 0) is 80.9 Å². The fourth-order valence-electron chi connectivity index (χ4n) is 7.61. The number of thiophene rings is 1. The molecule has 0 aliphatic carbocycles. The zero-order valence-corrected chi connectivity index (χ0v) is 30.7. The van der Waals surface area contributed by atoms with Crippen molar-refractivity contribution in [2.45, 2.75) is 0 Å². The summed E-state index contributed by atoms with van der Waals surface area (Å²) in [6.07, 6.45) is 0. The number of benzene rings is 8. The second kappa shape index (κ2) is 14.1. The average molecular weight is 719 g/mol. The Morgan fingerprint density at radius 3 is 1.51 bits per heavy atom. The Labute approximate surface area is 324 Å². The Hall–Kier alpha value is -6.94. The van der Waals surface area contributed by atoms with E-state index in [9.17, 15) is 0 Å². The van der Waals surface area contributed by atoms with Gasteiger partial charge in [0.2, 0.25) is 0 Å². The predicted octanol–water partition coefficient (Wildman–Crippen LogP) is 14.5. The maximum Gasteiger partial charge on any atom is 0.160 e. The fraction of sp³-hybridized carbons (Fsp3) is 0. The van der Waals surface area contributed by atoms with Crippen LogP contribution >= 0.6 is 11.3 Å². The van der Waals surface area contributed by atoms with Crippen LogP contribution in [-0.4, -0.2) is 9.97 Å². The molecule has 3 heteroatoms. The molecular weight excluding hydrogens is 685 g/mol. The van der Waals surface area contributed by atoms with Gasteiger partial charge >= 0.3 is 0 Å². The topological polar surface area (TPSA) is 25.8 Å². The molecular formula is C52H34N2S. The molecule has 0 atom stereocenters. The highest BCUT2D eigenvalue weighted by Gasteiger charge is 2.17. The highest BCUT2D eigenvalue weighted by molar-refractivity contribution is 7.26. The Kier molecular flexibility index (Phi) is 8.40. The lowest BCUT2D eigenvalue weighted by atomic mass is 9.90. The second-order valence-corrected chi connectivity index (χ2v) is 14.8. The third-order valence-electron chi connectivity index (χ3n) is 10.3. The molecule has 0 saturated carbocycles. The molecule has 0 aliphatic heterocycles. The molecule has 0 N–H and O–H groups in total. The van der Waals surface area contributed by atoms with Crippen LogP contribution in [0.15, 0.2) is 206 Å². The summed E-state index contributed by atoms with van der Waals surface area (Å²) < 4.78 is 2.58. The van der Waals surface area contributed by atoms with E-state index in [1.165, 1.54) is 42.4 Å². The lowest BCUT2D eigenvalue weighted by Gasteiger charge is -2.16. The van der Waals surface area contributed by atoms with Crippen molar-refractivity contribution in [3.05, 3.63) is 206 Å². The molecule has 2 aromatic heterocycles. The summed E-state index contributed by atoms with van der Waals surface area (Å²) in [5.74, 6) is 0.692. The largest absolute Gasteiger partial charge is 0.228 e. The smallest absolute Gasteiger partial charge is 0.160 e. The van der Waals surface area contributed by atoms with E-state index >= 15 is 0 Å². The highest BCUT2D eigenvalue weighted by atomic mass is 32.1. The van der Waals surface area contributed by atoms with Crippen LogP contribution in [0.3, 0.4) is 0 Å². The normalized spacial score (nSPS) is 11.3. The van der Waals surface area contributed by atoms with Gasteiger partial charge < -0.3 is 0 Å². The standard InChI is InChI=1S/C52H34N2S/c1-4-16-35(17-5-1)38-22-14-23-39(30-38)52-53-48(37-20-8-3-9-21-37)34-49(54-52)42-32-40(44-25-11-10-24-43(44)36-18-6-2-7-19-36)31-41(33-42)45-27-15-28-47-46-26-12-13-29-50(46)55-51(45)47/h1-34H. The van der Waals surface area contributed by atoms with Gasteiger partial charge in [-0.3, -0.25) is 0 Å². The van der Waals surface area contributed by atoms with Gasteiger partial charge in [0.15, 0.2) is 5.82 Å². The first-order valence-electron chi connectivity index (χ1n) is 18.6. The van der Waals surface area contributed by atoms with Crippen LogP contribution in [0.4, 0.5) is 0 Å². The number of hydrogen-bond donors (Lipinski definition) is 0. The molecule has 0 fully saturated rings. The molecule has 8 aromatic carbocycles. The lowest BCUT2D eigenvalue weighted by Crippen LogP contribution is -1.97. The van der Waals surface area contributed by atoms with Gasteiger partial charge in [-0.15, -0.1) is 11.3 Å². The first-order chi connectivity index (χ1) is 27.2. The summed E-state index contributed by atoms with van der Waals surface area (Å²) >= 11 is 1.86. The van der Waals surface area contributed by atoms with E-state index < -0.39 is 0 Å². The van der Waals surface area contributed by atoms with E-state index in [0.717, 1.165) is 50.3 Å². The maximum atomic E-state index is 5.37. The van der Waals surface area contributed by atoms with Crippen LogP contribution in [0, 0.1) is 0 Å². The van der Waals surface area contributed by atoms with Gasteiger partial charge in [-0.1, -0.05) is 170 Å². The van der Waals surface area contributed by atoms with Crippen molar-refractivity contribution >= 4 is 31.5 Å². The minimum absolute atomic E-state index is 0.692. The van der Waals surface area contributed by atoms with Gasteiger partial charge in [0.25, 0.3) is 0 Å². The molecule has 0 saturated heterocycles. The third-order valence-corrected chi connectivity index (χ3v) is 11.5. The van der Waals surface area contributed by atoms with Gasteiger partial charge in [0, 0.05) is 36.9 Å². The van der Waals surface area contributed by atoms with Crippen molar-refractivity contribution in [1.29, 1.82) is 0 Å². The van der Waals surface area contributed by atoms with Crippen molar-refractivity contribution in [3.63, 3.8) is 0 Å². The van der Waals surface area contributed by atoms with Crippen LogP contribution < -0.4 is 0 Å².